The van der Waals surface area contributed by atoms with E-state index in [9.17, 15) is 9.18 Å². The fourth-order valence-corrected chi connectivity index (χ4v) is 4.39. The summed E-state index contributed by atoms with van der Waals surface area (Å²) in [6.07, 6.45) is 3.29. The van der Waals surface area contributed by atoms with Crippen molar-refractivity contribution in [3.8, 4) is 5.75 Å². The molecule has 0 bridgehead atoms. The van der Waals surface area contributed by atoms with Gasteiger partial charge >= 0.3 is 5.97 Å². The van der Waals surface area contributed by atoms with Crippen molar-refractivity contribution in [3.63, 3.8) is 0 Å². The van der Waals surface area contributed by atoms with E-state index in [-0.39, 0.29) is 17.2 Å². The Morgan fingerprint density at radius 3 is 2.58 bits per heavy atom. The summed E-state index contributed by atoms with van der Waals surface area (Å²) in [6, 6.07) is 9.77. The summed E-state index contributed by atoms with van der Waals surface area (Å²) < 4.78 is 26.4. The van der Waals surface area contributed by atoms with Gasteiger partial charge in [0.25, 0.3) is 0 Å². The van der Waals surface area contributed by atoms with Crippen LogP contribution in [-0.2, 0) is 9.53 Å². The molecule has 1 heterocycles. The van der Waals surface area contributed by atoms with E-state index < -0.39 is 11.8 Å². The van der Waals surface area contributed by atoms with Crippen molar-refractivity contribution < 1.29 is 18.7 Å². The molecule has 0 aromatic heterocycles. The molecule has 0 amide bonds. The average Bonchev–Trinajstić information content (AvgIpc) is 2.95. The third kappa shape index (κ3) is 4.14. The molecule has 0 saturated heterocycles. The van der Waals surface area contributed by atoms with Crippen LogP contribution in [0.2, 0.25) is 0 Å². The lowest BCUT2D eigenvalue weighted by atomic mass is 10.2. The van der Waals surface area contributed by atoms with E-state index in [2.05, 4.69) is 56.8 Å². The molecule has 7 heteroatoms. The second-order valence-electron chi connectivity index (χ2n) is 5.23. The second-order valence-corrected chi connectivity index (χ2v) is 7.55. The van der Waals surface area contributed by atoms with Crippen molar-refractivity contribution in [2.45, 2.75) is 0 Å². The van der Waals surface area contributed by atoms with Gasteiger partial charge in [-0.2, -0.15) is 0 Å². The summed E-state index contributed by atoms with van der Waals surface area (Å²) in [6.45, 7) is 4.05. The van der Waals surface area contributed by atoms with Crippen LogP contribution >= 0.6 is 45.2 Å². The van der Waals surface area contributed by atoms with Crippen molar-refractivity contribution in [3.05, 3.63) is 78.8 Å². The van der Waals surface area contributed by atoms with Gasteiger partial charge in [0.15, 0.2) is 5.70 Å². The number of nitrogens with zero attached hydrogens (tertiary/aromatic N) is 1. The molecule has 0 aliphatic carbocycles. The van der Waals surface area contributed by atoms with Crippen LogP contribution in [0.1, 0.15) is 11.1 Å². The number of hydrogen-bond donors (Lipinski definition) is 0. The number of aliphatic imine (C=N–C) groups is 1. The second kappa shape index (κ2) is 8.30. The fraction of sp³-hybridized carbons (Fsp3) is 0.0526. The lowest BCUT2D eigenvalue weighted by Crippen LogP contribution is -2.07. The third-order valence-corrected chi connectivity index (χ3v) is 5.00. The zero-order chi connectivity index (χ0) is 18.7. The van der Waals surface area contributed by atoms with Crippen molar-refractivity contribution >= 4 is 63.1 Å². The molecule has 0 radical (unpaired) electrons. The van der Waals surface area contributed by atoms with Crippen LogP contribution in [0, 0.1) is 13.0 Å². The van der Waals surface area contributed by atoms with Crippen molar-refractivity contribution in [2.24, 2.45) is 4.99 Å². The van der Waals surface area contributed by atoms with E-state index in [1.165, 1.54) is 12.1 Å². The van der Waals surface area contributed by atoms with Crippen LogP contribution in [-0.4, -0.2) is 18.5 Å². The van der Waals surface area contributed by atoms with Crippen LogP contribution in [0.3, 0.4) is 0 Å². The SMILES string of the molecule is C=CCOc1c(I)cc(/C=C2\N=C(c3ccccc3F)OC2=O)cc1I. The van der Waals surface area contributed by atoms with Gasteiger partial charge in [0.05, 0.1) is 12.7 Å². The maximum absolute atomic E-state index is 13.9. The Balaban J connectivity index is 1.93. The molecule has 0 unspecified atom stereocenters. The Hall–Kier alpha value is -1.75. The van der Waals surface area contributed by atoms with Crippen molar-refractivity contribution in [1.29, 1.82) is 0 Å². The number of ether oxygens (including phenoxy) is 2. The Kier molecular flexibility index (Phi) is 6.07. The Labute approximate surface area is 177 Å². The van der Waals surface area contributed by atoms with E-state index in [0.717, 1.165) is 18.5 Å². The first-order valence-corrected chi connectivity index (χ1v) is 9.65. The minimum Gasteiger partial charge on any atom is -0.487 e. The van der Waals surface area contributed by atoms with Crippen LogP contribution in [0.25, 0.3) is 6.08 Å². The van der Waals surface area contributed by atoms with Gasteiger partial charge in [0.2, 0.25) is 5.90 Å². The van der Waals surface area contributed by atoms with Crippen molar-refractivity contribution in [2.75, 3.05) is 6.61 Å². The van der Waals surface area contributed by atoms with E-state index in [1.807, 2.05) is 12.1 Å². The van der Waals surface area contributed by atoms with Gasteiger partial charge in [-0.25, -0.2) is 14.2 Å². The molecule has 2 aromatic carbocycles. The van der Waals surface area contributed by atoms with Gasteiger partial charge in [-0.05, 0) is 81.1 Å². The molecule has 2 aromatic rings. The molecular formula is C19H12FI2NO3. The van der Waals surface area contributed by atoms with Crippen LogP contribution < -0.4 is 4.74 Å². The largest absolute Gasteiger partial charge is 0.487 e. The Morgan fingerprint density at radius 2 is 1.92 bits per heavy atom. The summed E-state index contributed by atoms with van der Waals surface area (Å²) in [7, 11) is 0. The highest BCUT2D eigenvalue weighted by Gasteiger charge is 2.26. The monoisotopic (exact) mass is 575 g/mol. The first-order valence-electron chi connectivity index (χ1n) is 7.50. The molecule has 132 valence electrons. The van der Waals surface area contributed by atoms with Crippen LogP contribution in [0.4, 0.5) is 4.39 Å². The summed E-state index contributed by atoms with van der Waals surface area (Å²) in [5, 5.41) is 0. The summed E-state index contributed by atoms with van der Waals surface area (Å²) in [5.74, 6) is -0.374. The molecular weight excluding hydrogens is 563 g/mol. The number of benzene rings is 2. The highest BCUT2D eigenvalue weighted by atomic mass is 127. The standard InChI is InChI=1S/C19H12FI2NO3/c1-2-7-25-17-14(21)8-11(9-15(17)22)10-16-19(24)26-18(23-16)12-5-3-4-6-13(12)20/h2-6,8-10H,1,7H2/b16-10-. The number of halogens is 3. The average molecular weight is 575 g/mol. The Bertz CT molecular complexity index is 931. The summed E-state index contributed by atoms with van der Waals surface area (Å²) in [4.78, 5) is 16.2. The summed E-state index contributed by atoms with van der Waals surface area (Å²) >= 11 is 4.33. The molecule has 4 nitrogen and oxygen atoms in total. The molecule has 26 heavy (non-hydrogen) atoms. The van der Waals surface area contributed by atoms with Gasteiger partial charge in [0, 0.05) is 0 Å². The maximum Gasteiger partial charge on any atom is 0.363 e. The molecule has 0 atom stereocenters. The minimum absolute atomic E-state index is 0.0327. The summed E-state index contributed by atoms with van der Waals surface area (Å²) in [5.41, 5.74) is 1.05. The van der Waals surface area contributed by atoms with Crippen LogP contribution in [0.15, 0.2) is 59.7 Å². The smallest absolute Gasteiger partial charge is 0.363 e. The first-order chi connectivity index (χ1) is 12.5. The fourth-order valence-electron chi connectivity index (χ4n) is 2.26. The van der Waals surface area contributed by atoms with Crippen molar-refractivity contribution in [1.82, 2.24) is 0 Å². The quantitative estimate of drug-likeness (QED) is 0.220. The third-order valence-electron chi connectivity index (χ3n) is 3.39. The molecule has 1 aliphatic heterocycles. The van der Waals surface area contributed by atoms with E-state index in [4.69, 9.17) is 9.47 Å². The van der Waals surface area contributed by atoms with E-state index in [1.54, 1.807) is 24.3 Å². The number of carbonyl (C=O) groups excluding carboxylic acids is 1. The predicted molar refractivity (Wildman–Crippen MR) is 115 cm³/mol. The van der Waals surface area contributed by atoms with Crippen LogP contribution in [0.5, 0.6) is 5.75 Å². The van der Waals surface area contributed by atoms with Gasteiger partial charge in [-0.3, -0.25) is 0 Å². The molecule has 0 saturated carbocycles. The normalized spacial score (nSPS) is 15.0. The predicted octanol–water partition coefficient (Wildman–Crippen LogP) is 4.94. The van der Waals surface area contributed by atoms with E-state index >= 15 is 0 Å². The Morgan fingerprint density at radius 1 is 1.23 bits per heavy atom. The van der Waals surface area contributed by atoms with Gasteiger partial charge in [0.1, 0.15) is 18.2 Å². The lowest BCUT2D eigenvalue weighted by molar-refractivity contribution is -0.129. The van der Waals surface area contributed by atoms with Gasteiger partial charge in [-0.15, -0.1) is 0 Å². The van der Waals surface area contributed by atoms with E-state index in [0.29, 0.717) is 6.61 Å². The zero-order valence-electron chi connectivity index (χ0n) is 13.3. The number of carbonyl (C=O) groups is 1. The highest BCUT2D eigenvalue weighted by molar-refractivity contribution is 14.1. The maximum atomic E-state index is 13.9. The van der Waals surface area contributed by atoms with Gasteiger partial charge < -0.3 is 9.47 Å². The molecule has 0 fully saturated rings. The zero-order valence-corrected chi connectivity index (χ0v) is 17.7. The molecule has 0 N–H and O–H groups in total. The highest BCUT2D eigenvalue weighted by Crippen LogP contribution is 2.30. The molecule has 1 aliphatic rings. The van der Waals surface area contributed by atoms with Gasteiger partial charge in [-0.1, -0.05) is 24.8 Å². The molecule has 0 spiro atoms. The number of cyclic esters (lactones) is 1. The molecule has 3 rings (SSSR count). The number of hydrogen-bond acceptors (Lipinski definition) is 4. The number of rotatable bonds is 5. The number of esters is 1. The topological polar surface area (TPSA) is 47.9 Å². The first kappa shape index (κ1) is 19.0. The lowest BCUT2D eigenvalue weighted by Gasteiger charge is -2.09. The minimum atomic E-state index is -0.611.